The highest BCUT2D eigenvalue weighted by Gasteiger charge is 2.11. The van der Waals surface area contributed by atoms with Crippen molar-refractivity contribution >= 4 is 29.3 Å². The van der Waals surface area contributed by atoms with E-state index in [9.17, 15) is 9.59 Å². The number of hydrogen-bond donors (Lipinski definition) is 2. The maximum absolute atomic E-state index is 12.5. The number of amides is 2. The van der Waals surface area contributed by atoms with E-state index in [1.165, 1.54) is 17.3 Å². The number of rotatable bonds is 8. The summed E-state index contributed by atoms with van der Waals surface area (Å²) in [4.78, 5) is 29.3. The number of aryl methyl sites for hydroxylation is 2. The highest BCUT2D eigenvalue weighted by molar-refractivity contribution is 7.99. The Morgan fingerprint density at radius 3 is 2.44 bits per heavy atom. The van der Waals surface area contributed by atoms with Gasteiger partial charge < -0.3 is 10.6 Å². The summed E-state index contributed by atoms with van der Waals surface area (Å²) in [6.07, 6.45) is 3.54. The van der Waals surface area contributed by atoms with Gasteiger partial charge in [-0.1, -0.05) is 48.2 Å². The standard InChI is InChI=1S/C27H26N4O2S/c1-19-8-11-23(16-20(19)2)30-25(32)18-34-27-28-14-15-31(27)24-12-9-22(10-13-24)26(33)29-17-21-6-4-3-5-7-21/h3-16H,17-18H2,1-2H3,(H,29,33)(H,30,32). The molecule has 4 aromatic rings. The Bertz CT molecular complexity index is 1280. The molecule has 1 heterocycles. The molecule has 7 heteroatoms. The van der Waals surface area contributed by atoms with Crippen molar-refractivity contribution in [3.8, 4) is 5.69 Å². The third-order valence-electron chi connectivity index (χ3n) is 5.43. The fourth-order valence-electron chi connectivity index (χ4n) is 3.39. The minimum Gasteiger partial charge on any atom is -0.348 e. The number of carbonyl (C=O) groups excluding carboxylic acids is 2. The number of nitrogens with one attached hydrogen (secondary N) is 2. The lowest BCUT2D eigenvalue weighted by Gasteiger charge is -2.10. The third-order valence-corrected chi connectivity index (χ3v) is 6.40. The molecule has 2 N–H and O–H groups in total. The average Bonchev–Trinajstić information content (AvgIpc) is 3.33. The van der Waals surface area contributed by atoms with E-state index in [1.54, 1.807) is 18.3 Å². The van der Waals surface area contributed by atoms with Gasteiger partial charge >= 0.3 is 0 Å². The molecule has 172 valence electrons. The highest BCUT2D eigenvalue weighted by atomic mass is 32.2. The lowest BCUT2D eigenvalue weighted by Crippen LogP contribution is -2.22. The largest absolute Gasteiger partial charge is 0.348 e. The fourth-order valence-corrected chi connectivity index (χ4v) is 4.17. The van der Waals surface area contributed by atoms with Crippen LogP contribution in [0.4, 0.5) is 5.69 Å². The molecule has 1 aromatic heterocycles. The molecule has 0 bridgehead atoms. The number of aromatic nitrogens is 2. The summed E-state index contributed by atoms with van der Waals surface area (Å²) in [5.41, 5.74) is 5.62. The zero-order valence-corrected chi connectivity index (χ0v) is 19.9. The molecule has 3 aromatic carbocycles. The molecule has 6 nitrogen and oxygen atoms in total. The zero-order valence-electron chi connectivity index (χ0n) is 19.1. The van der Waals surface area contributed by atoms with Crippen LogP contribution in [0.25, 0.3) is 5.69 Å². The number of nitrogens with zero attached hydrogens (tertiary/aromatic N) is 2. The second-order valence-corrected chi connectivity index (χ2v) is 8.87. The molecule has 34 heavy (non-hydrogen) atoms. The van der Waals surface area contributed by atoms with Gasteiger partial charge in [-0.05, 0) is 66.9 Å². The predicted molar refractivity (Wildman–Crippen MR) is 136 cm³/mol. The number of anilines is 1. The topological polar surface area (TPSA) is 76.0 Å². The fraction of sp³-hybridized carbons (Fsp3) is 0.148. The number of thioether (sulfide) groups is 1. The van der Waals surface area contributed by atoms with Crippen molar-refractivity contribution in [1.82, 2.24) is 14.9 Å². The quantitative estimate of drug-likeness (QED) is 0.349. The van der Waals surface area contributed by atoms with Crippen LogP contribution in [0.15, 0.2) is 90.3 Å². The molecule has 0 radical (unpaired) electrons. The molecule has 2 amide bonds. The van der Waals surface area contributed by atoms with Crippen molar-refractivity contribution in [3.63, 3.8) is 0 Å². The van der Waals surface area contributed by atoms with Gasteiger partial charge in [-0.2, -0.15) is 0 Å². The molecule has 4 rings (SSSR count). The van der Waals surface area contributed by atoms with Gasteiger partial charge in [0.05, 0.1) is 5.75 Å². The summed E-state index contributed by atoms with van der Waals surface area (Å²) in [6, 6.07) is 23.0. The van der Waals surface area contributed by atoms with Crippen molar-refractivity contribution in [2.75, 3.05) is 11.1 Å². The van der Waals surface area contributed by atoms with Crippen LogP contribution in [-0.4, -0.2) is 27.1 Å². The summed E-state index contributed by atoms with van der Waals surface area (Å²) in [5.74, 6) is 0.0241. The van der Waals surface area contributed by atoms with Gasteiger partial charge in [0, 0.05) is 35.9 Å². The maximum atomic E-state index is 12.5. The van der Waals surface area contributed by atoms with E-state index in [4.69, 9.17) is 0 Å². The van der Waals surface area contributed by atoms with Crippen LogP contribution < -0.4 is 10.6 Å². The summed E-state index contributed by atoms with van der Waals surface area (Å²) < 4.78 is 1.90. The Hall–Kier alpha value is -3.84. The molecule has 0 unspecified atom stereocenters. The third kappa shape index (κ3) is 5.94. The Kier molecular flexibility index (Phi) is 7.44. The highest BCUT2D eigenvalue weighted by Crippen LogP contribution is 2.22. The van der Waals surface area contributed by atoms with Crippen LogP contribution in [0.3, 0.4) is 0 Å². The van der Waals surface area contributed by atoms with Crippen molar-refractivity contribution in [2.45, 2.75) is 25.5 Å². The smallest absolute Gasteiger partial charge is 0.251 e. The summed E-state index contributed by atoms with van der Waals surface area (Å²) in [7, 11) is 0. The lowest BCUT2D eigenvalue weighted by molar-refractivity contribution is -0.113. The number of carbonyl (C=O) groups is 2. The van der Waals surface area contributed by atoms with E-state index in [2.05, 4.69) is 15.6 Å². The van der Waals surface area contributed by atoms with Crippen molar-refractivity contribution < 1.29 is 9.59 Å². The van der Waals surface area contributed by atoms with Gasteiger partial charge in [0.25, 0.3) is 5.91 Å². The van der Waals surface area contributed by atoms with E-state index >= 15 is 0 Å². The summed E-state index contributed by atoms with van der Waals surface area (Å²) >= 11 is 1.36. The molecule has 0 spiro atoms. The minimum absolute atomic E-state index is 0.0896. The van der Waals surface area contributed by atoms with Crippen LogP contribution in [0, 0.1) is 13.8 Å². The maximum Gasteiger partial charge on any atom is 0.251 e. The summed E-state index contributed by atoms with van der Waals surface area (Å²) in [5, 5.41) is 6.57. The Morgan fingerprint density at radius 2 is 1.71 bits per heavy atom. The molecule has 0 saturated heterocycles. The summed E-state index contributed by atoms with van der Waals surface area (Å²) in [6.45, 7) is 4.54. The molecule has 0 fully saturated rings. The Labute approximate surface area is 203 Å². The van der Waals surface area contributed by atoms with Gasteiger partial charge in [0.1, 0.15) is 0 Å². The second kappa shape index (κ2) is 10.9. The average molecular weight is 471 g/mol. The first-order chi connectivity index (χ1) is 16.5. The molecule has 0 aliphatic carbocycles. The van der Waals surface area contributed by atoms with E-state index < -0.39 is 0 Å². The molecule has 0 atom stereocenters. The number of benzene rings is 3. The van der Waals surface area contributed by atoms with Crippen LogP contribution in [-0.2, 0) is 11.3 Å². The normalized spacial score (nSPS) is 10.6. The molecule has 0 aliphatic heterocycles. The lowest BCUT2D eigenvalue weighted by atomic mass is 10.1. The minimum atomic E-state index is -0.126. The number of hydrogen-bond acceptors (Lipinski definition) is 4. The van der Waals surface area contributed by atoms with Crippen molar-refractivity contribution in [1.29, 1.82) is 0 Å². The first-order valence-corrected chi connectivity index (χ1v) is 11.9. The first-order valence-electron chi connectivity index (χ1n) is 11.0. The van der Waals surface area contributed by atoms with Crippen LogP contribution in [0.1, 0.15) is 27.0 Å². The zero-order chi connectivity index (χ0) is 23.9. The SMILES string of the molecule is Cc1ccc(NC(=O)CSc2nccn2-c2ccc(C(=O)NCc3ccccc3)cc2)cc1C. The van der Waals surface area contributed by atoms with Crippen LogP contribution in [0.2, 0.25) is 0 Å². The molecular formula is C27H26N4O2S. The molecular weight excluding hydrogens is 444 g/mol. The van der Waals surface area contributed by atoms with Gasteiger partial charge in [-0.3, -0.25) is 14.2 Å². The van der Waals surface area contributed by atoms with Gasteiger partial charge in [0.2, 0.25) is 5.91 Å². The van der Waals surface area contributed by atoms with Crippen LogP contribution in [0.5, 0.6) is 0 Å². The predicted octanol–water partition coefficient (Wildman–Crippen LogP) is 5.15. The van der Waals surface area contributed by atoms with Crippen molar-refractivity contribution in [2.24, 2.45) is 0 Å². The van der Waals surface area contributed by atoms with E-state index in [1.807, 2.05) is 85.3 Å². The monoisotopic (exact) mass is 470 g/mol. The van der Waals surface area contributed by atoms with Gasteiger partial charge in [-0.15, -0.1) is 0 Å². The van der Waals surface area contributed by atoms with E-state index in [0.29, 0.717) is 17.3 Å². The Morgan fingerprint density at radius 1 is 0.941 bits per heavy atom. The number of imidazole rings is 1. The Balaban J connectivity index is 1.34. The first kappa shape index (κ1) is 23.3. The molecule has 0 saturated carbocycles. The van der Waals surface area contributed by atoms with E-state index in [0.717, 1.165) is 22.5 Å². The van der Waals surface area contributed by atoms with Gasteiger partial charge in [0.15, 0.2) is 5.16 Å². The van der Waals surface area contributed by atoms with Gasteiger partial charge in [-0.25, -0.2) is 4.98 Å². The van der Waals surface area contributed by atoms with Crippen LogP contribution >= 0.6 is 11.8 Å². The molecule has 0 aliphatic rings. The van der Waals surface area contributed by atoms with Crippen molar-refractivity contribution in [3.05, 3.63) is 107 Å². The second-order valence-electron chi connectivity index (χ2n) is 7.93. The van der Waals surface area contributed by atoms with E-state index in [-0.39, 0.29) is 17.6 Å².